The highest BCUT2D eigenvalue weighted by molar-refractivity contribution is 5.82. The fourth-order valence-corrected chi connectivity index (χ4v) is 1.71. The number of benzene rings is 2. The Morgan fingerprint density at radius 3 is 2.26 bits per heavy atom. The summed E-state index contributed by atoms with van der Waals surface area (Å²) < 4.78 is 0. The number of hydrazone groups is 1. The zero-order valence-corrected chi connectivity index (χ0v) is 10.9. The highest BCUT2D eigenvalue weighted by Crippen LogP contribution is 2.04. The van der Waals surface area contributed by atoms with Gasteiger partial charge in [-0.1, -0.05) is 54.6 Å². The highest BCUT2D eigenvalue weighted by Gasteiger charge is 1.95. The van der Waals surface area contributed by atoms with Crippen LogP contribution in [0, 0.1) is 0 Å². The normalized spacial score (nSPS) is 10.6. The molecule has 2 rings (SSSR count). The van der Waals surface area contributed by atoms with E-state index < -0.39 is 0 Å². The van der Waals surface area contributed by atoms with E-state index >= 15 is 0 Å². The summed E-state index contributed by atoms with van der Waals surface area (Å²) in [6.45, 7) is 0.768. The first kappa shape index (κ1) is 13.0. The lowest BCUT2D eigenvalue weighted by Gasteiger charge is -2.12. The summed E-state index contributed by atoms with van der Waals surface area (Å²) >= 11 is 0. The number of hydrogen-bond donors (Lipinski definition) is 0. The summed E-state index contributed by atoms with van der Waals surface area (Å²) in [6, 6.07) is 17.5. The van der Waals surface area contributed by atoms with E-state index in [2.05, 4.69) is 17.2 Å². The Hall–Kier alpha value is -2.42. The van der Waals surface area contributed by atoms with Crippen molar-refractivity contribution in [2.75, 3.05) is 7.05 Å². The van der Waals surface area contributed by atoms with Crippen LogP contribution in [0.5, 0.6) is 0 Å². The van der Waals surface area contributed by atoms with Crippen LogP contribution in [0.1, 0.15) is 21.5 Å². The summed E-state index contributed by atoms with van der Waals surface area (Å²) in [5, 5.41) is 6.24. The van der Waals surface area contributed by atoms with Crippen molar-refractivity contribution in [1.82, 2.24) is 5.01 Å². The van der Waals surface area contributed by atoms with Crippen LogP contribution < -0.4 is 0 Å². The minimum atomic E-state index is 0.676. The average Bonchev–Trinajstić information content (AvgIpc) is 2.47. The van der Waals surface area contributed by atoms with Gasteiger partial charge in [0.2, 0.25) is 0 Å². The van der Waals surface area contributed by atoms with Gasteiger partial charge in [-0.3, -0.25) is 9.80 Å². The van der Waals surface area contributed by atoms with Crippen molar-refractivity contribution < 1.29 is 4.79 Å². The Balaban J connectivity index is 1.95. The zero-order chi connectivity index (χ0) is 13.5. The second kappa shape index (κ2) is 6.50. The molecule has 2 aromatic rings. The number of rotatable bonds is 5. The molecule has 0 atom stereocenters. The molecule has 0 unspecified atom stereocenters. The molecule has 3 heteroatoms. The van der Waals surface area contributed by atoms with Gasteiger partial charge in [0.25, 0.3) is 0 Å². The molecule has 0 fully saturated rings. The predicted molar refractivity (Wildman–Crippen MR) is 77.3 cm³/mol. The Kier molecular flexibility index (Phi) is 4.45. The maximum absolute atomic E-state index is 10.5. The molecule has 0 N–H and O–H groups in total. The molecular formula is C16H16N2O. The van der Waals surface area contributed by atoms with Crippen molar-refractivity contribution in [2.45, 2.75) is 6.54 Å². The first-order valence-electron chi connectivity index (χ1n) is 6.12. The van der Waals surface area contributed by atoms with E-state index in [1.54, 1.807) is 18.3 Å². The summed E-state index contributed by atoms with van der Waals surface area (Å²) in [5.41, 5.74) is 2.87. The third-order valence-corrected chi connectivity index (χ3v) is 2.73. The topological polar surface area (TPSA) is 32.7 Å². The van der Waals surface area contributed by atoms with Crippen LogP contribution in [-0.2, 0) is 6.54 Å². The van der Waals surface area contributed by atoms with Crippen molar-refractivity contribution in [3.05, 3.63) is 71.3 Å². The Labute approximate surface area is 113 Å². The van der Waals surface area contributed by atoms with Crippen molar-refractivity contribution in [1.29, 1.82) is 0 Å². The number of carbonyl (C=O) groups is 1. The molecule has 19 heavy (non-hydrogen) atoms. The van der Waals surface area contributed by atoms with Gasteiger partial charge >= 0.3 is 0 Å². The van der Waals surface area contributed by atoms with Crippen LogP contribution in [0.25, 0.3) is 0 Å². The minimum Gasteiger partial charge on any atom is -0.298 e. The van der Waals surface area contributed by atoms with Crippen LogP contribution in [0.2, 0.25) is 0 Å². The quantitative estimate of drug-likeness (QED) is 0.465. The van der Waals surface area contributed by atoms with Crippen molar-refractivity contribution in [3.63, 3.8) is 0 Å². The zero-order valence-electron chi connectivity index (χ0n) is 10.9. The molecule has 2 aromatic carbocycles. The van der Waals surface area contributed by atoms with E-state index in [0.717, 1.165) is 18.4 Å². The van der Waals surface area contributed by atoms with Crippen molar-refractivity contribution in [3.8, 4) is 0 Å². The fourth-order valence-electron chi connectivity index (χ4n) is 1.71. The minimum absolute atomic E-state index is 0.676. The molecule has 0 amide bonds. The van der Waals surface area contributed by atoms with Gasteiger partial charge in [-0.05, 0) is 11.1 Å². The van der Waals surface area contributed by atoms with Gasteiger partial charge < -0.3 is 0 Å². The third-order valence-electron chi connectivity index (χ3n) is 2.73. The molecule has 0 radical (unpaired) electrons. The van der Waals surface area contributed by atoms with Gasteiger partial charge in [-0.2, -0.15) is 5.10 Å². The number of carbonyl (C=O) groups excluding carboxylic acids is 1. The Bertz CT molecular complexity index is 547. The highest BCUT2D eigenvalue weighted by atomic mass is 16.1. The predicted octanol–water partition coefficient (Wildman–Crippen LogP) is 2.97. The first-order valence-corrected chi connectivity index (χ1v) is 6.12. The molecule has 3 nitrogen and oxygen atoms in total. The molecule has 0 aliphatic carbocycles. The lowest BCUT2D eigenvalue weighted by molar-refractivity contribution is 0.112. The van der Waals surface area contributed by atoms with Crippen LogP contribution >= 0.6 is 0 Å². The molecule has 0 heterocycles. The maximum atomic E-state index is 10.5. The summed E-state index contributed by atoms with van der Waals surface area (Å²) in [4.78, 5) is 10.5. The standard InChI is InChI=1S/C16H16N2O/c1-18(12-15-5-3-2-4-6-15)17-11-14-7-9-16(13-19)10-8-14/h2-11,13H,12H2,1H3. The van der Waals surface area contributed by atoms with Crippen LogP contribution in [0.3, 0.4) is 0 Å². The van der Waals surface area contributed by atoms with E-state index in [0.29, 0.717) is 5.56 Å². The van der Waals surface area contributed by atoms with Gasteiger partial charge in [0.1, 0.15) is 6.29 Å². The lowest BCUT2D eigenvalue weighted by atomic mass is 10.2. The molecule has 0 saturated heterocycles. The van der Waals surface area contributed by atoms with Crippen LogP contribution in [0.15, 0.2) is 59.7 Å². The van der Waals surface area contributed by atoms with E-state index in [1.165, 1.54) is 5.56 Å². The number of hydrogen-bond acceptors (Lipinski definition) is 3. The monoisotopic (exact) mass is 252 g/mol. The van der Waals surface area contributed by atoms with E-state index in [-0.39, 0.29) is 0 Å². The Morgan fingerprint density at radius 1 is 1.00 bits per heavy atom. The first-order chi connectivity index (χ1) is 9.28. The molecule has 0 aliphatic heterocycles. The van der Waals surface area contributed by atoms with Gasteiger partial charge in [-0.25, -0.2) is 0 Å². The maximum Gasteiger partial charge on any atom is 0.150 e. The fraction of sp³-hybridized carbons (Fsp3) is 0.125. The molecular weight excluding hydrogens is 236 g/mol. The van der Waals surface area contributed by atoms with E-state index in [1.807, 2.05) is 42.4 Å². The lowest BCUT2D eigenvalue weighted by Crippen LogP contribution is -2.10. The van der Waals surface area contributed by atoms with E-state index in [9.17, 15) is 4.79 Å². The number of nitrogens with zero attached hydrogens (tertiary/aromatic N) is 2. The molecule has 96 valence electrons. The van der Waals surface area contributed by atoms with Crippen molar-refractivity contribution >= 4 is 12.5 Å². The average molecular weight is 252 g/mol. The molecule has 0 saturated carbocycles. The molecule has 0 aromatic heterocycles. The second-order valence-electron chi connectivity index (χ2n) is 4.33. The second-order valence-corrected chi connectivity index (χ2v) is 4.33. The molecule has 0 spiro atoms. The van der Waals surface area contributed by atoms with Gasteiger partial charge in [0, 0.05) is 12.6 Å². The smallest absolute Gasteiger partial charge is 0.150 e. The van der Waals surface area contributed by atoms with Gasteiger partial charge in [-0.15, -0.1) is 0 Å². The Morgan fingerprint density at radius 2 is 1.63 bits per heavy atom. The summed E-state index contributed by atoms with van der Waals surface area (Å²) in [7, 11) is 1.93. The van der Waals surface area contributed by atoms with Gasteiger partial charge in [0.15, 0.2) is 0 Å². The van der Waals surface area contributed by atoms with Gasteiger partial charge in [0.05, 0.1) is 12.8 Å². The van der Waals surface area contributed by atoms with Crippen molar-refractivity contribution in [2.24, 2.45) is 5.10 Å². The summed E-state index contributed by atoms with van der Waals surface area (Å²) in [5.74, 6) is 0. The summed E-state index contributed by atoms with van der Waals surface area (Å²) in [6.07, 6.45) is 2.62. The SMILES string of the molecule is CN(Cc1ccccc1)N=Cc1ccc(C=O)cc1. The number of aldehydes is 1. The van der Waals surface area contributed by atoms with Crippen LogP contribution in [-0.4, -0.2) is 24.6 Å². The largest absolute Gasteiger partial charge is 0.298 e. The van der Waals surface area contributed by atoms with E-state index in [4.69, 9.17) is 0 Å². The van der Waals surface area contributed by atoms with Crippen LogP contribution in [0.4, 0.5) is 0 Å². The third kappa shape index (κ3) is 4.07. The molecule has 0 bridgehead atoms. The molecule has 0 aliphatic rings.